The smallest absolute Gasteiger partial charge is 0.335 e. The van der Waals surface area contributed by atoms with Gasteiger partial charge in [0.15, 0.2) is 0 Å². The van der Waals surface area contributed by atoms with Crippen LogP contribution in [0.5, 0.6) is 0 Å². The van der Waals surface area contributed by atoms with Crippen molar-refractivity contribution in [1.29, 1.82) is 0 Å². The maximum atomic E-state index is 13.5. The predicted molar refractivity (Wildman–Crippen MR) is 112 cm³/mol. The zero-order valence-electron chi connectivity index (χ0n) is 16.9. The number of hydrogen-bond acceptors (Lipinski definition) is 6. The SMILES string of the molecule is CCOC(=O)C1CCCN(c2ccc(C(=O)O)cc2NS(=O)(=O)c2cccc(F)c2)C1. The second kappa shape index (κ2) is 9.34. The van der Waals surface area contributed by atoms with Gasteiger partial charge in [-0.25, -0.2) is 17.6 Å². The van der Waals surface area contributed by atoms with Crippen LogP contribution in [0.1, 0.15) is 30.1 Å². The molecule has 2 aromatic carbocycles. The third-order valence-electron chi connectivity index (χ3n) is 4.98. The maximum Gasteiger partial charge on any atom is 0.335 e. The number of carbonyl (C=O) groups excluding carboxylic acids is 1. The molecule has 1 unspecified atom stereocenters. The van der Waals surface area contributed by atoms with Gasteiger partial charge in [0, 0.05) is 13.1 Å². The number of sulfonamides is 1. The van der Waals surface area contributed by atoms with E-state index in [2.05, 4.69) is 4.72 Å². The molecule has 1 atom stereocenters. The maximum absolute atomic E-state index is 13.5. The molecule has 3 rings (SSSR count). The van der Waals surface area contributed by atoms with E-state index in [9.17, 15) is 27.5 Å². The van der Waals surface area contributed by atoms with Crippen molar-refractivity contribution in [1.82, 2.24) is 0 Å². The average Bonchev–Trinajstić information content (AvgIpc) is 2.73. The van der Waals surface area contributed by atoms with Gasteiger partial charge in [0.25, 0.3) is 10.0 Å². The third kappa shape index (κ3) is 5.32. The molecule has 1 saturated heterocycles. The minimum Gasteiger partial charge on any atom is -0.478 e. The van der Waals surface area contributed by atoms with Gasteiger partial charge in [0.1, 0.15) is 5.82 Å². The lowest BCUT2D eigenvalue weighted by Gasteiger charge is -2.34. The van der Waals surface area contributed by atoms with Gasteiger partial charge in [-0.05, 0) is 56.2 Å². The van der Waals surface area contributed by atoms with Crippen LogP contribution >= 0.6 is 0 Å². The second-order valence-corrected chi connectivity index (χ2v) is 8.82. The molecule has 0 spiro atoms. The van der Waals surface area contributed by atoms with E-state index < -0.39 is 21.8 Å². The number of carbonyl (C=O) groups is 2. The quantitative estimate of drug-likeness (QED) is 0.623. The Balaban J connectivity index is 1.96. The van der Waals surface area contributed by atoms with Crippen molar-refractivity contribution in [3.05, 3.63) is 53.8 Å². The fourth-order valence-corrected chi connectivity index (χ4v) is 4.61. The fraction of sp³-hybridized carbons (Fsp3) is 0.333. The van der Waals surface area contributed by atoms with E-state index in [1.807, 2.05) is 4.90 Å². The summed E-state index contributed by atoms with van der Waals surface area (Å²) in [6.07, 6.45) is 1.33. The number of piperidine rings is 1. The average molecular weight is 450 g/mol. The van der Waals surface area contributed by atoms with Crippen molar-refractivity contribution in [2.45, 2.75) is 24.7 Å². The first kappa shape index (κ1) is 22.5. The fourth-order valence-electron chi connectivity index (χ4n) is 3.51. The van der Waals surface area contributed by atoms with Crippen LogP contribution in [0.3, 0.4) is 0 Å². The van der Waals surface area contributed by atoms with Crippen molar-refractivity contribution in [2.24, 2.45) is 5.92 Å². The van der Waals surface area contributed by atoms with Crippen LogP contribution in [0.25, 0.3) is 0 Å². The van der Waals surface area contributed by atoms with Gasteiger partial charge in [-0.3, -0.25) is 9.52 Å². The summed E-state index contributed by atoms with van der Waals surface area (Å²) < 4.78 is 46.6. The Morgan fingerprint density at radius 1 is 1.26 bits per heavy atom. The monoisotopic (exact) mass is 450 g/mol. The van der Waals surface area contributed by atoms with Gasteiger partial charge in [0.2, 0.25) is 0 Å². The minimum absolute atomic E-state index is 0.0358. The van der Waals surface area contributed by atoms with E-state index in [0.29, 0.717) is 31.6 Å². The molecule has 0 bridgehead atoms. The van der Waals surface area contributed by atoms with E-state index >= 15 is 0 Å². The van der Waals surface area contributed by atoms with E-state index in [1.54, 1.807) is 6.92 Å². The summed E-state index contributed by atoms with van der Waals surface area (Å²) in [7, 11) is -4.18. The van der Waals surface area contributed by atoms with E-state index in [4.69, 9.17) is 4.74 Å². The summed E-state index contributed by atoms with van der Waals surface area (Å²) in [5, 5.41) is 9.33. The number of hydrogen-bond donors (Lipinski definition) is 2. The van der Waals surface area contributed by atoms with Crippen molar-refractivity contribution < 1.29 is 32.2 Å². The highest BCUT2D eigenvalue weighted by Gasteiger charge is 2.29. The first-order chi connectivity index (χ1) is 14.7. The van der Waals surface area contributed by atoms with Gasteiger partial charge in [0.05, 0.1) is 34.4 Å². The molecule has 0 aromatic heterocycles. The second-order valence-electron chi connectivity index (χ2n) is 7.14. The first-order valence-corrected chi connectivity index (χ1v) is 11.3. The molecule has 8 nitrogen and oxygen atoms in total. The number of carboxylic acids is 1. The molecule has 166 valence electrons. The summed E-state index contributed by atoms with van der Waals surface area (Å²) >= 11 is 0. The highest BCUT2D eigenvalue weighted by Crippen LogP contribution is 2.33. The Bertz CT molecular complexity index is 1090. The molecule has 1 heterocycles. The minimum atomic E-state index is -4.18. The molecule has 10 heteroatoms. The van der Waals surface area contributed by atoms with Crippen molar-refractivity contribution >= 4 is 33.3 Å². The zero-order valence-corrected chi connectivity index (χ0v) is 17.7. The van der Waals surface area contributed by atoms with Crippen molar-refractivity contribution in [3.8, 4) is 0 Å². The van der Waals surface area contributed by atoms with E-state index in [1.165, 1.54) is 30.3 Å². The molecule has 0 amide bonds. The number of carboxylic acid groups (broad SMARTS) is 1. The third-order valence-corrected chi connectivity index (χ3v) is 6.34. The summed E-state index contributed by atoms with van der Waals surface area (Å²) in [5.41, 5.74) is 0.354. The summed E-state index contributed by atoms with van der Waals surface area (Å²) in [6.45, 7) is 2.85. The number of aromatic carboxylic acids is 1. The molecule has 2 aromatic rings. The van der Waals surface area contributed by atoms with Gasteiger partial charge in [-0.15, -0.1) is 0 Å². The summed E-state index contributed by atoms with van der Waals surface area (Å²) in [4.78, 5) is 25.1. The number of nitrogens with zero attached hydrogens (tertiary/aromatic N) is 1. The lowest BCUT2D eigenvalue weighted by atomic mass is 9.97. The number of nitrogens with one attached hydrogen (secondary N) is 1. The molecule has 0 radical (unpaired) electrons. The lowest BCUT2D eigenvalue weighted by molar-refractivity contribution is -0.148. The van der Waals surface area contributed by atoms with Crippen LogP contribution in [-0.4, -0.2) is 45.2 Å². The summed E-state index contributed by atoms with van der Waals surface area (Å²) in [5.74, 6) is -2.63. The van der Waals surface area contributed by atoms with Crippen molar-refractivity contribution in [3.63, 3.8) is 0 Å². The molecule has 31 heavy (non-hydrogen) atoms. The van der Waals surface area contributed by atoms with Crippen molar-refractivity contribution in [2.75, 3.05) is 29.3 Å². The lowest BCUT2D eigenvalue weighted by Crippen LogP contribution is -2.39. The molecule has 2 N–H and O–H groups in total. The Labute approximate surface area is 179 Å². The molecule has 1 fully saturated rings. The number of rotatable bonds is 7. The van der Waals surface area contributed by atoms with Gasteiger partial charge < -0.3 is 14.7 Å². The molecule has 1 aliphatic rings. The van der Waals surface area contributed by atoms with Crippen LogP contribution in [0.4, 0.5) is 15.8 Å². The topological polar surface area (TPSA) is 113 Å². The molecular weight excluding hydrogens is 427 g/mol. The van der Waals surface area contributed by atoms with Crippen LogP contribution < -0.4 is 9.62 Å². The number of ether oxygens (including phenoxy) is 1. The highest BCUT2D eigenvalue weighted by molar-refractivity contribution is 7.92. The molecule has 1 aliphatic heterocycles. The largest absolute Gasteiger partial charge is 0.478 e. The number of benzene rings is 2. The van der Waals surface area contributed by atoms with Gasteiger partial charge in [-0.1, -0.05) is 6.07 Å². The predicted octanol–water partition coefficient (Wildman–Crippen LogP) is 3.10. The van der Waals surface area contributed by atoms with E-state index in [0.717, 1.165) is 12.1 Å². The Hall–Kier alpha value is -3.14. The number of halogens is 1. The Morgan fingerprint density at radius 3 is 2.71 bits per heavy atom. The first-order valence-electron chi connectivity index (χ1n) is 9.78. The van der Waals surface area contributed by atoms with Crippen LogP contribution in [0.15, 0.2) is 47.4 Å². The number of anilines is 2. The summed E-state index contributed by atoms with van der Waals surface area (Å²) in [6, 6.07) is 8.59. The van der Waals surface area contributed by atoms with Crippen LogP contribution in [0, 0.1) is 11.7 Å². The molecular formula is C21H23FN2O6S. The Morgan fingerprint density at radius 2 is 2.03 bits per heavy atom. The standard InChI is InChI=1S/C21H23FN2O6S/c1-2-30-21(27)15-5-4-10-24(13-15)19-9-8-14(20(25)26)11-18(19)23-31(28,29)17-7-3-6-16(22)12-17/h3,6-9,11-12,15,23H,2,4-5,10,13H2,1H3,(H,25,26). The number of esters is 1. The van der Waals surface area contributed by atoms with Crippen LogP contribution in [0.2, 0.25) is 0 Å². The normalized spacial score (nSPS) is 16.6. The van der Waals surface area contributed by atoms with E-state index in [-0.39, 0.29) is 34.6 Å². The molecule has 0 saturated carbocycles. The van der Waals surface area contributed by atoms with Gasteiger partial charge >= 0.3 is 11.9 Å². The highest BCUT2D eigenvalue weighted by atomic mass is 32.2. The molecule has 0 aliphatic carbocycles. The zero-order chi connectivity index (χ0) is 22.6. The van der Waals surface area contributed by atoms with Gasteiger partial charge in [-0.2, -0.15) is 0 Å². The Kier molecular flexibility index (Phi) is 6.79. The van der Waals surface area contributed by atoms with Crippen LogP contribution in [-0.2, 0) is 19.6 Å².